The van der Waals surface area contributed by atoms with Crippen LogP contribution in [0, 0.1) is 5.92 Å². The molecule has 2 unspecified atom stereocenters. The van der Waals surface area contributed by atoms with Crippen molar-refractivity contribution >= 4 is 34.5 Å². The molecule has 1 aromatic heterocycles. The number of urea groups is 1. The maximum absolute atomic E-state index is 14.4. The number of aromatic amines is 1. The largest absolute Gasteiger partial charge is 0.508 e. The second kappa shape index (κ2) is 13.0. The molecule has 3 aromatic carbocycles. The number of amides is 4. The number of hydrogen-bond donors (Lipinski definition) is 3. The number of para-hydroxylation sites is 1. The second-order valence-electron chi connectivity index (χ2n) is 12.6. The molecule has 1 saturated carbocycles. The zero-order valence-electron chi connectivity index (χ0n) is 26.4. The summed E-state index contributed by atoms with van der Waals surface area (Å²) in [4.78, 5) is 58.4. The van der Waals surface area contributed by atoms with E-state index >= 15 is 0 Å². The third kappa shape index (κ3) is 6.02. The van der Waals surface area contributed by atoms with E-state index in [4.69, 9.17) is 0 Å². The van der Waals surface area contributed by atoms with Gasteiger partial charge in [0.15, 0.2) is 5.78 Å². The van der Waals surface area contributed by atoms with Crippen molar-refractivity contribution in [1.29, 1.82) is 0 Å². The highest BCUT2D eigenvalue weighted by Gasteiger charge is 2.51. The number of phenols is 1. The van der Waals surface area contributed by atoms with E-state index < -0.39 is 18.2 Å². The number of H-pyrrole nitrogens is 1. The van der Waals surface area contributed by atoms with Crippen LogP contribution >= 0.6 is 0 Å². The van der Waals surface area contributed by atoms with Gasteiger partial charge in [-0.05, 0) is 41.7 Å². The summed E-state index contributed by atoms with van der Waals surface area (Å²) < 4.78 is 0. The molecule has 3 N–H and O–H groups in total. The maximum Gasteiger partial charge on any atom is 0.334 e. The van der Waals surface area contributed by atoms with Gasteiger partial charge in [0.1, 0.15) is 23.7 Å². The second-order valence-corrected chi connectivity index (χ2v) is 12.6. The number of Topliss-reactive ketones (excluding diaryl/α,β-unsaturated/α-hetero) is 1. The fourth-order valence-electron chi connectivity index (χ4n) is 6.72. The molecule has 12 nitrogen and oxygen atoms in total. The maximum atomic E-state index is 14.4. The highest BCUT2D eigenvalue weighted by atomic mass is 16.3. The third-order valence-corrected chi connectivity index (χ3v) is 9.26. The van der Waals surface area contributed by atoms with E-state index in [1.54, 1.807) is 45.3 Å². The van der Waals surface area contributed by atoms with Crippen molar-refractivity contribution in [3.63, 3.8) is 0 Å². The molecule has 2 saturated heterocycles. The van der Waals surface area contributed by atoms with Gasteiger partial charge in [0, 0.05) is 37.4 Å². The quantitative estimate of drug-likeness (QED) is 0.176. The van der Waals surface area contributed by atoms with Gasteiger partial charge in [-0.1, -0.05) is 66.7 Å². The summed E-state index contributed by atoms with van der Waals surface area (Å²) in [5.74, 6) is -0.408. The number of aromatic hydroxyl groups is 1. The molecule has 4 amide bonds. The molecule has 7 rings (SSSR count). The van der Waals surface area contributed by atoms with Crippen molar-refractivity contribution in [3.05, 3.63) is 108 Å². The lowest BCUT2D eigenvalue weighted by Crippen LogP contribution is -2.76. The molecule has 0 bridgehead atoms. The van der Waals surface area contributed by atoms with Gasteiger partial charge in [-0.3, -0.25) is 19.5 Å². The minimum absolute atomic E-state index is 0.0110. The lowest BCUT2D eigenvalue weighted by atomic mass is 9.98. The standard InChI is InChI=1S/C36H37N7O5/c1-2-17-41-22-31(45)42-29(18-23-11-15-27(44)16-12-23)35(47)40(21-30(42)43(41)36(48)37-19-24-7-4-3-5-8-24)20-26-9-6-10-28-32(26)38-39-33(28)34(46)25-13-14-25/h2-12,15-16,25,29-30,44H,1,13-14,17-22H2,(H,37,48)(H,38,39). The van der Waals surface area contributed by atoms with Crippen LogP contribution in [0.3, 0.4) is 0 Å². The highest BCUT2D eigenvalue weighted by molar-refractivity contribution is 6.08. The zero-order valence-corrected chi connectivity index (χ0v) is 26.4. The van der Waals surface area contributed by atoms with Gasteiger partial charge in [0.2, 0.25) is 11.8 Å². The monoisotopic (exact) mass is 647 g/mol. The minimum Gasteiger partial charge on any atom is -0.508 e. The van der Waals surface area contributed by atoms with Crippen LogP contribution < -0.4 is 5.32 Å². The Morgan fingerprint density at radius 3 is 2.50 bits per heavy atom. The number of nitrogens with one attached hydrogen (secondary N) is 2. The van der Waals surface area contributed by atoms with E-state index in [-0.39, 0.29) is 68.4 Å². The molecule has 0 spiro atoms. The number of fused-ring (bicyclic) bond motifs is 2. The summed E-state index contributed by atoms with van der Waals surface area (Å²) in [6, 6.07) is 20.4. The molecule has 3 fully saturated rings. The molecule has 3 heterocycles. The molecule has 1 aliphatic carbocycles. The topological polar surface area (TPSA) is 142 Å². The summed E-state index contributed by atoms with van der Waals surface area (Å²) in [5.41, 5.74) is 3.54. The summed E-state index contributed by atoms with van der Waals surface area (Å²) in [6.45, 7) is 4.49. The number of nitrogens with zero attached hydrogens (tertiary/aromatic N) is 5. The van der Waals surface area contributed by atoms with Crippen molar-refractivity contribution in [1.82, 2.24) is 35.3 Å². The summed E-state index contributed by atoms with van der Waals surface area (Å²) in [5, 5.41) is 24.2. The van der Waals surface area contributed by atoms with Crippen molar-refractivity contribution in [2.75, 3.05) is 19.6 Å². The highest BCUT2D eigenvalue weighted by Crippen LogP contribution is 2.35. The van der Waals surface area contributed by atoms with Gasteiger partial charge in [-0.2, -0.15) is 5.10 Å². The first-order chi connectivity index (χ1) is 23.3. The number of carbonyl (C=O) groups is 4. The van der Waals surface area contributed by atoms with Crippen LogP contribution in [0.15, 0.2) is 85.5 Å². The summed E-state index contributed by atoms with van der Waals surface area (Å²) in [6.07, 6.45) is 2.75. The molecule has 246 valence electrons. The lowest BCUT2D eigenvalue weighted by molar-refractivity contribution is -0.189. The predicted molar refractivity (Wildman–Crippen MR) is 177 cm³/mol. The van der Waals surface area contributed by atoms with Crippen LogP contribution in [0.2, 0.25) is 0 Å². The normalized spacial score (nSPS) is 19.8. The van der Waals surface area contributed by atoms with E-state index in [1.807, 2.05) is 48.5 Å². The Labute approximate surface area is 277 Å². The Balaban J connectivity index is 1.24. The van der Waals surface area contributed by atoms with Crippen LogP contribution in [0.1, 0.15) is 40.0 Å². The van der Waals surface area contributed by atoms with E-state index in [9.17, 15) is 24.3 Å². The van der Waals surface area contributed by atoms with Gasteiger partial charge in [0.05, 0.1) is 18.6 Å². The van der Waals surface area contributed by atoms with Crippen LogP contribution in [0.4, 0.5) is 4.79 Å². The minimum atomic E-state index is -0.913. The fraction of sp³-hybridized carbons (Fsp3) is 0.306. The average Bonchev–Trinajstić information content (AvgIpc) is 3.85. The summed E-state index contributed by atoms with van der Waals surface area (Å²) in [7, 11) is 0. The van der Waals surface area contributed by atoms with Crippen molar-refractivity contribution in [2.24, 2.45) is 5.92 Å². The number of benzene rings is 3. The van der Waals surface area contributed by atoms with Gasteiger partial charge >= 0.3 is 6.03 Å². The summed E-state index contributed by atoms with van der Waals surface area (Å²) >= 11 is 0. The molecule has 12 heteroatoms. The van der Waals surface area contributed by atoms with Crippen molar-refractivity contribution < 1.29 is 24.3 Å². The Kier molecular flexibility index (Phi) is 8.40. The molecule has 2 aliphatic heterocycles. The molecular weight excluding hydrogens is 610 g/mol. The van der Waals surface area contributed by atoms with Gasteiger partial charge < -0.3 is 20.2 Å². The van der Waals surface area contributed by atoms with Crippen LogP contribution in [-0.2, 0) is 29.1 Å². The molecule has 3 aliphatic rings. The number of rotatable bonds is 10. The number of piperazine rings is 1. The van der Waals surface area contributed by atoms with Crippen molar-refractivity contribution in [3.8, 4) is 5.75 Å². The zero-order chi connectivity index (χ0) is 33.4. The number of phenolic OH excluding ortho intramolecular Hbond substituents is 1. The molecule has 4 aromatic rings. The van der Waals surface area contributed by atoms with Crippen molar-refractivity contribution in [2.45, 2.75) is 44.6 Å². The van der Waals surface area contributed by atoms with Gasteiger partial charge in [-0.15, -0.1) is 6.58 Å². The van der Waals surface area contributed by atoms with Crippen LogP contribution in [0.5, 0.6) is 5.75 Å². The molecule has 0 radical (unpaired) electrons. The smallest absolute Gasteiger partial charge is 0.334 e. The van der Waals surface area contributed by atoms with Gasteiger partial charge in [0.25, 0.3) is 0 Å². The number of ketones is 1. The Bertz CT molecular complexity index is 1870. The fourth-order valence-corrected chi connectivity index (χ4v) is 6.72. The predicted octanol–water partition coefficient (Wildman–Crippen LogP) is 3.60. The first-order valence-electron chi connectivity index (χ1n) is 16.2. The van der Waals surface area contributed by atoms with E-state index in [2.05, 4.69) is 22.1 Å². The molecule has 2 atom stereocenters. The third-order valence-electron chi connectivity index (χ3n) is 9.26. The number of hydrazine groups is 1. The molecule has 48 heavy (non-hydrogen) atoms. The molecular formula is C36H37N7O5. The number of aromatic nitrogens is 2. The van der Waals surface area contributed by atoms with E-state index in [1.165, 1.54) is 4.90 Å². The first-order valence-corrected chi connectivity index (χ1v) is 16.2. The first kappa shape index (κ1) is 31.1. The Morgan fingerprint density at radius 1 is 1.00 bits per heavy atom. The van der Waals surface area contributed by atoms with Crippen LogP contribution in [-0.4, -0.2) is 90.6 Å². The Morgan fingerprint density at radius 2 is 1.77 bits per heavy atom. The number of carbonyl (C=O) groups excluding carboxylic acids is 4. The van der Waals surface area contributed by atoms with E-state index in [0.29, 0.717) is 16.6 Å². The lowest BCUT2D eigenvalue weighted by Gasteiger charge is -2.55. The van der Waals surface area contributed by atoms with Gasteiger partial charge in [-0.25, -0.2) is 14.8 Å². The average molecular weight is 648 g/mol. The number of hydrogen-bond acceptors (Lipinski definition) is 7. The SMILES string of the molecule is C=CCN1CC(=O)N2C(Cc3ccc(O)cc3)C(=O)N(Cc3cccc4c(C(=O)C5CC5)n[nH]c34)CC2N1C(=O)NCc1ccccc1. The van der Waals surface area contributed by atoms with Crippen LogP contribution in [0.25, 0.3) is 10.9 Å². The van der Waals surface area contributed by atoms with E-state index in [0.717, 1.165) is 29.5 Å². The Hall–Kier alpha value is -5.49.